The minimum Gasteiger partial charge on any atom is -0.396 e. The highest BCUT2D eigenvalue weighted by Gasteiger charge is 2.12. The summed E-state index contributed by atoms with van der Waals surface area (Å²) >= 11 is 1.48. The van der Waals surface area contributed by atoms with Gasteiger partial charge in [0.25, 0.3) is 0 Å². The third-order valence-electron chi connectivity index (χ3n) is 2.97. The van der Waals surface area contributed by atoms with Gasteiger partial charge in [-0.05, 0) is 30.3 Å². The lowest BCUT2D eigenvalue weighted by Crippen LogP contribution is -2.04. The number of nitrogen functional groups attached to an aromatic ring is 1. The van der Waals surface area contributed by atoms with E-state index in [1.807, 2.05) is 24.3 Å². The summed E-state index contributed by atoms with van der Waals surface area (Å²) in [6.07, 6.45) is 0.169. The normalized spacial score (nSPS) is 10.8. The third-order valence-corrected chi connectivity index (χ3v) is 4.01. The van der Waals surface area contributed by atoms with Gasteiger partial charge in [-0.1, -0.05) is 12.1 Å². The van der Waals surface area contributed by atoms with Gasteiger partial charge >= 0.3 is 0 Å². The maximum atomic E-state index is 13.4. The van der Waals surface area contributed by atoms with E-state index in [9.17, 15) is 9.18 Å². The first-order valence-corrected chi connectivity index (χ1v) is 6.88. The van der Waals surface area contributed by atoms with Crippen LogP contribution in [0.15, 0.2) is 42.5 Å². The lowest BCUT2D eigenvalue weighted by molar-refractivity contribution is 0.0992. The van der Waals surface area contributed by atoms with E-state index in [1.54, 1.807) is 0 Å². The number of benzene rings is 2. The summed E-state index contributed by atoms with van der Waals surface area (Å²) in [7, 11) is 0. The van der Waals surface area contributed by atoms with E-state index in [1.165, 1.54) is 29.5 Å². The van der Waals surface area contributed by atoms with Gasteiger partial charge in [0.05, 0.1) is 22.3 Å². The van der Waals surface area contributed by atoms with Crippen molar-refractivity contribution in [3.63, 3.8) is 0 Å². The average molecular weight is 286 g/mol. The first-order valence-electron chi connectivity index (χ1n) is 6.06. The fourth-order valence-corrected chi connectivity index (χ4v) is 2.90. The van der Waals surface area contributed by atoms with E-state index in [2.05, 4.69) is 4.98 Å². The van der Waals surface area contributed by atoms with E-state index in [0.717, 1.165) is 15.2 Å². The molecule has 0 aliphatic heterocycles. The van der Waals surface area contributed by atoms with Crippen LogP contribution in [0.1, 0.15) is 15.4 Å². The number of aromatic nitrogens is 1. The van der Waals surface area contributed by atoms with E-state index in [-0.39, 0.29) is 17.9 Å². The molecule has 1 aromatic heterocycles. The molecular weight excluding hydrogens is 275 g/mol. The van der Waals surface area contributed by atoms with Crippen molar-refractivity contribution in [3.8, 4) is 0 Å². The quantitative estimate of drug-likeness (QED) is 0.592. The second-order valence-corrected chi connectivity index (χ2v) is 5.53. The summed E-state index contributed by atoms with van der Waals surface area (Å²) in [5.74, 6) is -0.733. The monoisotopic (exact) mass is 286 g/mol. The van der Waals surface area contributed by atoms with Crippen molar-refractivity contribution in [1.82, 2.24) is 4.98 Å². The first-order chi connectivity index (χ1) is 9.63. The van der Waals surface area contributed by atoms with Crippen molar-refractivity contribution < 1.29 is 9.18 Å². The number of nitrogens with two attached hydrogens (primary N) is 1. The Hall–Kier alpha value is -2.27. The van der Waals surface area contributed by atoms with Gasteiger partial charge in [-0.3, -0.25) is 4.79 Å². The second kappa shape index (κ2) is 5.02. The number of nitrogens with zero attached hydrogens (tertiary/aromatic N) is 1. The highest BCUT2D eigenvalue weighted by molar-refractivity contribution is 7.18. The summed E-state index contributed by atoms with van der Waals surface area (Å²) in [5.41, 5.74) is 6.63. The Labute approximate surface area is 118 Å². The number of para-hydroxylation sites is 1. The van der Waals surface area contributed by atoms with E-state index >= 15 is 0 Å². The van der Waals surface area contributed by atoms with Gasteiger partial charge in [-0.2, -0.15) is 0 Å². The van der Waals surface area contributed by atoms with Crippen LogP contribution in [0.2, 0.25) is 0 Å². The highest BCUT2D eigenvalue weighted by Crippen LogP contribution is 2.23. The maximum absolute atomic E-state index is 13.4. The molecule has 3 aromatic rings. The maximum Gasteiger partial charge on any atom is 0.169 e. The summed E-state index contributed by atoms with van der Waals surface area (Å²) in [4.78, 5) is 16.5. The molecule has 1 heterocycles. The fourth-order valence-electron chi connectivity index (χ4n) is 1.94. The van der Waals surface area contributed by atoms with Gasteiger partial charge in [0.2, 0.25) is 0 Å². The predicted molar refractivity (Wildman–Crippen MR) is 78.5 cm³/mol. The third kappa shape index (κ3) is 2.40. The number of thiazole rings is 1. The molecule has 0 unspecified atom stereocenters. The molecule has 2 N–H and O–H groups in total. The molecule has 100 valence electrons. The molecule has 0 radical (unpaired) electrons. The summed E-state index contributed by atoms with van der Waals surface area (Å²) in [5, 5.41) is 0.730. The number of Topliss-reactive ketones (excluding diaryl/α,β-unsaturated/α-hetero) is 1. The zero-order chi connectivity index (χ0) is 14.1. The molecule has 0 aliphatic carbocycles. The number of halogens is 1. The van der Waals surface area contributed by atoms with E-state index in [0.29, 0.717) is 5.56 Å². The molecule has 0 saturated heterocycles. The number of hydrogen-bond donors (Lipinski definition) is 1. The molecule has 5 heteroatoms. The lowest BCUT2D eigenvalue weighted by Gasteiger charge is -2.01. The number of hydrogen-bond acceptors (Lipinski definition) is 4. The van der Waals surface area contributed by atoms with Crippen molar-refractivity contribution in [2.75, 3.05) is 5.73 Å². The van der Waals surface area contributed by atoms with Crippen LogP contribution >= 0.6 is 11.3 Å². The molecular formula is C15H11FN2OS. The number of ketones is 1. The highest BCUT2D eigenvalue weighted by atomic mass is 32.1. The fraction of sp³-hybridized carbons (Fsp3) is 0.0667. The molecule has 0 saturated carbocycles. The Bertz CT molecular complexity index is 764. The molecule has 3 nitrogen and oxygen atoms in total. The smallest absolute Gasteiger partial charge is 0.169 e. The number of fused-ring (bicyclic) bond motifs is 1. The summed E-state index contributed by atoms with van der Waals surface area (Å²) < 4.78 is 14.4. The SMILES string of the molecule is Nc1ccc(C(=O)Cc2nc3ccccc3s2)cc1F. The number of carbonyl (C=O) groups excluding carboxylic acids is 1. The number of carbonyl (C=O) groups is 1. The summed E-state index contributed by atoms with van der Waals surface area (Å²) in [6.45, 7) is 0. The zero-order valence-corrected chi connectivity index (χ0v) is 11.3. The minimum absolute atomic E-state index is 0.0431. The molecule has 0 spiro atoms. The first kappa shape index (κ1) is 12.7. The van der Waals surface area contributed by atoms with Crippen LogP contribution in [0.5, 0.6) is 0 Å². The molecule has 3 rings (SSSR count). The van der Waals surface area contributed by atoms with Gasteiger partial charge in [0.1, 0.15) is 10.8 Å². The largest absolute Gasteiger partial charge is 0.396 e. The Morgan fingerprint density at radius 2 is 2.05 bits per heavy atom. The van der Waals surface area contributed by atoms with Crippen LogP contribution in [0.4, 0.5) is 10.1 Å². The lowest BCUT2D eigenvalue weighted by atomic mass is 10.1. The predicted octanol–water partition coefficient (Wildman–Crippen LogP) is 3.44. The van der Waals surface area contributed by atoms with Crippen molar-refractivity contribution in [1.29, 1.82) is 0 Å². The van der Waals surface area contributed by atoms with Crippen LogP contribution in [0.3, 0.4) is 0 Å². The van der Waals surface area contributed by atoms with Crippen LogP contribution < -0.4 is 5.73 Å². The van der Waals surface area contributed by atoms with Gasteiger partial charge in [0, 0.05) is 5.56 Å². The second-order valence-electron chi connectivity index (χ2n) is 4.41. The molecule has 20 heavy (non-hydrogen) atoms. The van der Waals surface area contributed by atoms with Crippen LogP contribution in [-0.4, -0.2) is 10.8 Å². The molecule has 0 bridgehead atoms. The Kier molecular flexibility index (Phi) is 3.20. The molecule has 2 aromatic carbocycles. The molecule has 0 amide bonds. The topological polar surface area (TPSA) is 56.0 Å². The van der Waals surface area contributed by atoms with Crippen molar-refractivity contribution in [3.05, 3.63) is 58.9 Å². The van der Waals surface area contributed by atoms with Crippen LogP contribution in [0, 0.1) is 5.82 Å². The molecule has 0 aliphatic rings. The van der Waals surface area contributed by atoms with Crippen LogP contribution in [0.25, 0.3) is 10.2 Å². The van der Waals surface area contributed by atoms with Gasteiger partial charge in [-0.25, -0.2) is 9.37 Å². The molecule has 0 atom stereocenters. The van der Waals surface area contributed by atoms with Crippen molar-refractivity contribution >= 4 is 33.0 Å². The van der Waals surface area contributed by atoms with Crippen molar-refractivity contribution in [2.24, 2.45) is 0 Å². The van der Waals surface area contributed by atoms with E-state index < -0.39 is 5.82 Å². The van der Waals surface area contributed by atoms with E-state index in [4.69, 9.17) is 5.73 Å². The van der Waals surface area contributed by atoms with Gasteiger partial charge in [0.15, 0.2) is 5.78 Å². The molecule has 0 fully saturated rings. The Morgan fingerprint density at radius 3 is 2.80 bits per heavy atom. The standard InChI is InChI=1S/C15H11FN2OS/c16-10-7-9(5-6-11(10)17)13(19)8-15-18-12-3-1-2-4-14(12)20-15/h1-7H,8,17H2. The van der Waals surface area contributed by atoms with Crippen molar-refractivity contribution in [2.45, 2.75) is 6.42 Å². The Morgan fingerprint density at radius 1 is 1.25 bits per heavy atom. The Balaban J connectivity index is 1.86. The number of anilines is 1. The van der Waals surface area contributed by atoms with Gasteiger partial charge < -0.3 is 5.73 Å². The zero-order valence-electron chi connectivity index (χ0n) is 10.5. The van der Waals surface area contributed by atoms with Gasteiger partial charge in [-0.15, -0.1) is 11.3 Å². The summed E-state index contributed by atoms with van der Waals surface area (Å²) in [6, 6.07) is 11.8. The average Bonchev–Trinajstić information content (AvgIpc) is 2.83. The number of rotatable bonds is 3. The van der Waals surface area contributed by atoms with Crippen LogP contribution in [-0.2, 0) is 6.42 Å². The minimum atomic E-state index is -0.569.